The van der Waals surface area contributed by atoms with Crippen LogP contribution in [0.25, 0.3) is 6.08 Å². The molecule has 1 aliphatic rings. The van der Waals surface area contributed by atoms with Crippen LogP contribution in [0.3, 0.4) is 0 Å². The first kappa shape index (κ1) is 17.1. The molecule has 1 saturated carbocycles. The summed E-state index contributed by atoms with van der Waals surface area (Å²) in [4.78, 5) is 8.03. The Labute approximate surface area is 142 Å². The second kappa shape index (κ2) is 5.94. The van der Waals surface area contributed by atoms with Crippen LogP contribution in [0.15, 0.2) is 30.3 Å². The van der Waals surface area contributed by atoms with Crippen molar-refractivity contribution in [3.63, 3.8) is 0 Å². The van der Waals surface area contributed by atoms with Gasteiger partial charge in [-0.2, -0.15) is 4.98 Å². The van der Waals surface area contributed by atoms with Gasteiger partial charge < -0.3 is 16.2 Å². The summed E-state index contributed by atoms with van der Waals surface area (Å²) in [6.45, 7) is 1.79. The number of hydrogen-bond donors (Lipinski definition) is 2. The number of anilines is 2. The zero-order valence-electron chi connectivity index (χ0n) is 13.5. The van der Waals surface area contributed by atoms with E-state index in [4.69, 9.17) is 11.5 Å². The molecule has 0 bridgehead atoms. The summed E-state index contributed by atoms with van der Waals surface area (Å²) >= 11 is 0. The zero-order valence-corrected chi connectivity index (χ0v) is 13.5. The average Bonchev–Trinajstić information content (AvgIpc) is 3.26. The minimum absolute atomic E-state index is 0.119. The van der Waals surface area contributed by atoms with Crippen molar-refractivity contribution in [2.75, 3.05) is 11.5 Å². The first-order chi connectivity index (χ1) is 11.7. The fraction of sp³-hybridized carbons (Fsp3) is 0.294. The number of halogens is 3. The summed E-state index contributed by atoms with van der Waals surface area (Å²) in [5.41, 5.74) is 13.5. The van der Waals surface area contributed by atoms with Gasteiger partial charge in [-0.3, -0.25) is 0 Å². The number of benzene rings is 1. The molecule has 1 aromatic heterocycles. The van der Waals surface area contributed by atoms with E-state index in [1.807, 2.05) is 12.2 Å². The van der Waals surface area contributed by atoms with Crippen molar-refractivity contribution in [2.24, 2.45) is 0 Å². The van der Waals surface area contributed by atoms with Crippen LogP contribution in [0, 0.1) is 6.92 Å². The predicted molar refractivity (Wildman–Crippen MR) is 88.7 cm³/mol. The van der Waals surface area contributed by atoms with Gasteiger partial charge in [-0.15, -0.1) is 13.2 Å². The van der Waals surface area contributed by atoms with Gasteiger partial charge in [0.05, 0.1) is 5.69 Å². The Hall–Kier alpha value is -2.77. The molecule has 1 aromatic carbocycles. The monoisotopic (exact) mass is 350 g/mol. The summed E-state index contributed by atoms with van der Waals surface area (Å²) in [5, 5.41) is 0. The van der Waals surface area contributed by atoms with Gasteiger partial charge >= 0.3 is 6.36 Å². The molecule has 0 atom stereocenters. The average molecular weight is 350 g/mol. The van der Waals surface area contributed by atoms with Crippen molar-refractivity contribution in [1.82, 2.24) is 9.97 Å². The van der Waals surface area contributed by atoms with Crippen LogP contribution in [0.1, 0.15) is 29.7 Å². The van der Waals surface area contributed by atoms with Crippen LogP contribution in [0.5, 0.6) is 5.75 Å². The molecule has 0 radical (unpaired) electrons. The van der Waals surface area contributed by atoms with E-state index >= 15 is 0 Å². The number of ether oxygens (including phenoxy) is 1. The van der Waals surface area contributed by atoms with E-state index in [1.165, 1.54) is 12.1 Å². The predicted octanol–water partition coefficient (Wildman–Crippen LogP) is 3.59. The molecule has 5 nitrogen and oxygen atoms in total. The number of nitrogens with zero attached hydrogens (tertiary/aromatic N) is 2. The fourth-order valence-corrected chi connectivity index (χ4v) is 2.75. The highest BCUT2D eigenvalue weighted by atomic mass is 19.4. The second-order valence-electron chi connectivity index (χ2n) is 6.03. The Morgan fingerprint density at radius 2 is 1.76 bits per heavy atom. The van der Waals surface area contributed by atoms with E-state index < -0.39 is 6.36 Å². The summed E-state index contributed by atoms with van der Waals surface area (Å²) in [5.74, 6) is 0.183. The highest BCUT2D eigenvalue weighted by molar-refractivity contribution is 5.66. The summed E-state index contributed by atoms with van der Waals surface area (Å²) in [7, 11) is 0. The van der Waals surface area contributed by atoms with Crippen LogP contribution in [-0.4, -0.2) is 16.3 Å². The standard InChI is InChI=1S/C17H17F3N4O/c1-10-13(14(21)24-15(22)23-10)6-7-16(8-9-16)11-2-4-12(5-3-11)25-17(18,19)20/h2-7H,8-9H2,1H3,(H4,21,22,23,24). The van der Waals surface area contributed by atoms with E-state index in [0.29, 0.717) is 17.1 Å². The first-order valence-corrected chi connectivity index (χ1v) is 7.64. The largest absolute Gasteiger partial charge is 0.573 e. The highest BCUT2D eigenvalue weighted by Gasteiger charge is 2.42. The first-order valence-electron chi connectivity index (χ1n) is 7.64. The lowest BCUT2D eigenvalue weighted by molar-refractivity contribution is -0.274. The Bertz CT molecular complexity index is 789. The number of allylic oxidation sites excluding steroid dienone is 1. The van der Waals surface area contributed by atoms with Gasteiger partial charge in [0.1, 0.15) is 11.6 Å². The van der Waals surface area contributed by atoms with Gasteiger partial charge in [0.2, 0.25) is 5.95 Å². The Balaban J connectivity index is 1.81. The van der Waals surface area contributed by atoms with Gasteiger partial charge in [0, 0.05) is 11.0 Å². The minimum Gasteiger partial charge on any atom is -0.406 e. The maximum Gasteiger partial charge on any atom is 0.573 e. The minimum atomic E-state index is -4.69. The molecule has 0 saturated heterocycles. The molecule has 4 N–H and O–H groups in total. The second-order valence-corrected chi connectivity index (χ2v) is 6.03. The number of alkyl halides is 3. The summed E-state index contributed by atoms with van der Waals surface area (Å²) < 4.78 is 40.6. The third-order valence-corrected chi connectivity index (χ3v) is 4.20. The fourth-order valence-electron chi connectivity index (χ4n) is 2.75. The molecule has 0 unspecified atom stereocenters. The maximum absolute atomic E-state index is 12.2. The normalized spacial score (nSPS) is 16.2. The SMILES string of the molecule is Cc1nc(N)nc(N)c1C=CC1(c2ccc(OC(F)(F)F)cc2)CC1. The number of nitrogen functional groups attached to an aromatic ring is 2. The lowest BCUT2D eigenvalue weighted by atomic mass is 9.94. The molecule has 0 aliphatic heterocycles. The van der Waals surface area contributed by atoms with Crippen LogP contribution in [0.4, 0.5) is 24.9 Å². The molecule has 25 heavy (non-hydrogen) atoms. The lowest BCUT2D eigenvalue weighted by Gasteiger charge is -2.13. The van der Waals surface area contributed by atoms with E-state index in [-0.39, 0.29) is 17.1 Å². The van der Waals surface area contributed by atoms with Crippen molar-refractivity contribution in [1.29, 1.82) is 0 Å². The third-order valence-electron chi connectivity index (χ3n) is 4.20. The van der Waals surface area contributed by atoms with Crippen molar-refractivity contribution in [3.8, 4) is 5.75 Å². The Morgan fingerprint density at radius 1 is 1.12 bits per heavy atom. The van der Waals surface area contributed by atoms with E-state index in [2.05, 4.69) is 14.7 Å². The van der Waals surface area contributed by atoms with Crippen LogP contribution in [-0.2, 0) is 5.41 Å². The molecule has 0 spiro atoms. The van der Waals surface area contributed by atoms with Gasteiger partial charge in [-0.1, -0.05) is 24.3 Å². The Morgan fingerprint density at radius 3 is 2.28 bits per heavy atom. The molecule has 8 heteroatoms. The molecule has 0 amide bonds. The van der Waals surface area contributed by atoms with Crippen molar-refractivity contribution in [2.45, 2.75) is 31.5 Å². The third kappa shape index (κ3) is 3.84. The van der Waals surface area contributed by atoms with Gasteiger partial charge in [-0.25, -0.2) is 4.98 Å². The molecule has 3 rings (SSSR count). The van der Waals surface area contributed by atoms with Crippen LogP contribution >= 0.6 is 0 Å². The molecule has 132 valence electrons. The molecule has 1 aliphatic carbocycles. The summed E-state index contributed by atoms with van der Waals surface area (Å²) in [6, 6.07) is 5.94. The van der Waals surface area contributed by atoms with E-state index in [1.54, 1.807) is 19.1 Å². The zero-order chi connectivity index (χ0) is 18.2. The number of aryl methyl sites for hydroxylation is 1. The highest BCUT2D eigenvalue weighted by Crippen LogP contribution is 2.50. The molecular weight excluding hydrogens is 333 g/mol. The van der Waals surface area contributed by atoms with Crippen LogP contribution < -0.4 is 16.2 Å². The summed E-state index contributed by atoms with van der Waals surface area (Å²) in [6.07, 6.45) is 0.945. The quantitative estimate of drug-likeness (QED) is 0.880. The topological polar surface area (TPSA) is 87.0 Å². The van der Waals surface area contributed by atoms with Gasteiger partial charge in [0.15, 0.2) is 0 Å². The number of rotatable bonds is 4. The van der Waals surface area contributed by atoms with Crippen molar-refractivity contribution >= 4 is 17.8 Å². The molecule has 1 heterocycles. The van der Waals surface area contributed by atoms with Crippen molar-refractivity contribution < 1.29 is 17.9 Å². The number of aromatic nitrogens is 2. The van der Waals surface area contributed by atoms with Crippen molar-refractivity contribution in [3.05, 3.63) is 47.2 Å². The molecular formula is C17H17F3N4O. The Kier molecular flexibility index (Phi) is 4.06. The van der Waals surface area contributed by atoms with E-state index in [9.17, 15) is 13.2 Å². The van der Waals surface area contributed by atoms with Crippen LogP contribution in [0.2, 0.25) is 0 Å². The van der Waals surface area contributed by atoms with Gasteiger partial charge in [0.25, 0.3) is 0 Å². The van der Waals surface area contributed by atoms with E-state index in [0.717, 1.165) is 18.4 Å². The number of nitrogens with two attached hydrogens (primary N) is 2. The van der Waals surface area contributed by atoms with Gasteiger partial charge in [-0.05, 0) is 37.5 Å². The molecule has 2 aromatic rings. The molecule has 1 fully saturated rings. The lowest BCUT2D eigenvalue weighted by Crippen LogP contribution is -2.17. The smallest absolute Gasteiger partial charge is 0.406 e. The number of hydrogen-bond acceptors (Lipinski definition) is 5. The maximum atomic E-state index is 12.2.